The first-order valence-corrected chi connectivity index (χ1v) is 14.9. The molecule has 6 rings (SSSR count). The number of fused-ring (bicyclic) bond motifs is 1. The Morgan fingerprint density at radius 2 is 1.89 bits per heavy atom. The van der Waals surface area contributed by atoms with Gasteiger partial charge in [0.15, 0.2) is 6.61 Å². The molecule has 0 N–H and O–H groups in total. The molecule has 38 heavy (non-hydrogen) atoms. The van der Waals surface area contributed by atoms with Crippen LogP contribution in [0.15, 0.2) is 70.0 Å². The van der Waals surface area contributed by atoms with Crippen molar-refractivity contribution in [3.8, 4) is 0 Å². The Labute approximate surface area is 229 Å². The fourth-order valence-electron chi connectivity index (χ4n) is 6.20. The molecule has 3 aliphatic rings. The first kappa shape index (κ1) is 25.2. The molecule has 2 atom stereocenters. The normalized spacial score (nSPS) is 23.3. The molecule has 2 fully saturated rings. The highest BCUT2D eigenvalue weighted by Crippen LogP contribution is 2.46. The molecule has 8 heteroatoms. The van der Waals surface area contributed by atoms with Crippen LogP contribution in [-0.2, 0) is 19.7 Å². The zero-order valence-electron chi connectivity index (χ0n) is 21.0. The molecule has 3 heterocycles. The molecule has 1 amide bonds. The van der Waals surface area contributed by atoms with E-state index in [-0.39, 0.29) is 30.3 Å². The van der Waals surface area contributed by atoms with Gasteiger partial charge in [-0.25, -0.2) is 9.40 Å². The molecule has 1 aromatic carbocycles. The lowest BCUT2D eigenvalue weighted by molar-refractivity contribution is -0.158. The molecule has 2 aromatic heterocycles. The molecular formula is C30H29FN2O3S2. The number of nitrogens with zero attached hydrogens (tertiary/aromatic N) is 2. The zero-order chi connectivity index (χ0) is 26.1. The van der Waals surface area contributed by atoms with E-state index in [0.29, 0.717) is 18.4 Å². The summed E-state index contributed by atoms with van der Waals surface area (Å²) in [5.41, 5.74) is 1.86. The van der Waals surface area contributed by atoms with Gasteiger partial charge >= 0.3 is 5.97 Å². The topological polar surface area (TPSA) is 59.0 Å². The predicted octanol–water partition coefficient (Wildman–Crippen LogP) is 7.13. The fourth-order valence-corrected chi connectivity index (χ4v) is 7.75. The summed E-state index contributed by atoms with van der Waals surface area (Å²) in [5.74, 6) is -1.05. The number of hydrogen-bond donors (Lipinski definition) is 0. The number of allylic oxidation sites excluding steroid dienone is 1. The number of esters is 1. The third-order valence-electron chi connectivity index (χ3n) is 8.00. The number of carbonyl (C=O) groups excluding carboxylic acids is 2. The Kier molecular flexibility index (Phi) is 7.01. The molecule has 196 valence electrons. The molecule has 0 bridgehead atoms. The molecule has 3 aromatic rings. The van der Waals surface area contributed by atoms with Gasteiger partial charge in [0.25, 0.3) is 5.91 Å². The maximum atomic E-state index is 14.0. The molecule has 0 radical (unpaired) electrons. The Morgan fingerprint density at radius 1 is 1.08 bits per heavy atom. The lowest BCUT2D eigenvalue weighted by Gasteiger charge is -2.29. The van der Waals surface area contributed by atoms with Crippen molar-refractivity contribution in [2.45, 2.75) is 56.4 Å². The quantitative estimate of drug-likeness (QED) is 0.308. The SMILES string of the molecule is O=C(COC(=O)C1(c2cccc(F)c2)CCCC1)N1N=C2C(=Cc3cccs3)CCCC2C1c1cccs1. The molecule has 0 saturated heterocycles. The fraction of sp³-hybridized carbons (Fsp3) is 0.367. The Morgan fingerprint density at radius 3 is 2.63 bits per heavy atom. The summed E-state index contributed by atoms with van der Waals surface area (Å²) in [6.07, 6.45) is 8.01. The van der Waals surface area contributed by atoms with Crippen molar-refractivity contribution < 1.29 is 18.7 Å². The number of hydrogen-bond acceptors (Lipinski definition) is 6. The van der Waals surface area contributed by atoms with Crippen LogP contribution in [0.1, 0.15) is 66.3 Å². The molecular weight excluding hydrogens is 519 g/mol. The van der Waals surface area contributed by atoms with Gasteiger partial charge in [0.1, 0.15) is 5.82 Å². The second-order valence-electron chi connectivity index (χ2n) is 10.2. The minimum Gasteiger partial charge on any atom is -0.455 e. The van der Waals surface area contributed by atoms with Crippen molar-refractivity contribution in [3.05, 3.63) is 86.0 Å². The van der Waals surface area contributed by atoms with Gasteiger partial charge in [0.2, 0.25) is 0 Å². The lowest BCUT2D eigenvalue weighted by Crippen LogP contribution is -2.39. The smallest absolute Gasteiger partial charge is 0.317 e. The summed E-state index contributed by atoms with van der Waals surface area (Å²) < 4.78 is 19.7. The van der Waals surface area contributed by atoms with Gasteiger partial charge in [0, 0.05) is 15.7 Å². The summed E-state index contributed by atoms with van der Waals surface area (Å²) >= 11 is 3.31. The lowest BCUT2D eigenvalue weighted by atomic mass is 9.79. The molecule has 0 spiro atoms. The first-order valence-electron chi connectivity index (χ1n) is 13.2. The van der Waals surface area contributed by atoms with Crippen molar-refractivity contribution in [2.75, 3.05) is 6.61 Å². The molecule has 2 unspecified atom stereocenters. The van der Waals surface area contributed by atoms with Crippen LogP contribution in [0.3, 0.4) is 0 Å². The van der Waals surface area contributed by atoms with Crippen LogP contribution in [0, 0.1) is 11.7 Å². The number of hydrazone groups is 1. The minimum absolute atomic E-state index is 0.113. The van der Waals surface area contributed by atoms with E-state index >= 15 is 0 Å². The number of carbonyl (C=O) groups is 2. The van der Waals surface area contributed by atoms with Crippen molar-refractivity contribution in [1.29, 1.82) is 0 Å². The number of ether oxygens (including phenoxy) is 1. The van der Waals surface area contributed by atoms with Gasteiger partial charge < -0.3 is 4.74 Å². The highest BCUT2D eigenvalue weighted by molar-refractivity contribution is 7.11. The molecule has 2 saturated carbocycles. The summed E-state index contributed by atoms with van der Waals surface area (Å²) in [5, 5.41) is 10.5. The maximum absolute atomic E-state index is 14.0. The van der Waals surface area contributed by atoms with Crippen molar-refractivity contribution in [3.63, 3.8) is 0 Å². The van der Waals surface area contributed by atoms with Gasteiger partial charge in [0.05, 0.1) is 17.2 Å². The summed E-state index contributed by atoms with van der Waals surface area (Å²) in [4.78, 5) is 29.3. The van der Waals surface area contributed by atoms with Crippen molar-refractivity contribution in [2.24, 2.45) is 11.0 Å². The van der Waals surface area contributed by atoms with E-state index in [9.17, 15) is 14.0 Å². The van der Waals surface area contributed by atoms with Crippen LogP contribution < -0.4 is 0 Å². The molecule has 5 nitrogen and oxygen atoms in total. The van der Waals surface area contributed by atoms with Crippen LogP contribution in [0.4, 0.5) is 4.39 Å². The summed E-state index contributed by atoms with van der Waals surface area (Å²) in [6.45, 7) is -0.384. The van der Waals surface area contributed by atoms with Gasteiger partial charge in [-0.2, -0.15) is 5.10 Å². The first-order chi connectivity index (χ1) is 18.5. The predicted molar refractivity (Wildman–Crippen MR) is 148 cm³/mol. The van der Waals surface area contributed by atoms with E-state index in [2.05, 4.69) is 23.6 Å². The van der Waals surface area contributed by atoms with Crippen LogP contribution in [0.5, 0.6) is 0 Å². The third kappa shape index (κ3) is 4.64. The highest BCUT2D eigenvalue weighted by atomic mass is 32.1. The van der Waals surface area contributed by atoms with Gasteiger partial charge in [-0.15, -0.1) is 22.7 Å². The number of benzene rings is 1. The van der Waals surface area contributed by atoms with Gasteiger partial charge in [-0.3, -0.25) is 9.59 Å². The number of rotatable bonds is 6. The Hall–Kier alpha value is -3.10. The molecule has 2 aliphatic carbocycles. The number of halogens is 1. The minimum atomic E-state index is -0.906. The number of thiophene rings is 2. The van der Waals surface area contributed by atoms with E-state index in [1.54, 1.807) is 39.8 Å². The van der Waals surface area contributed by atoms with E-state index in [1.807, 2.05) is 17.5 Å². The van der Waals surface area contributed by atoms with Crippen LogP contribution >= 0.6 is 22.7 Å². The van der Waals surface area contributed by atoms with Crippen LogP contribution in [0.2, 0.25) is 0 Å². The Balaban J connectivity index is 1.25. The van der Waals surface area contributed by atoms with E-state index in [1.165, 1.54) is 22.6 Å². The number of amides is 1. The van der Waals surface area contributed by atoms with E-state index < -0.39 is 11.4 Å². The summed E-state index contributed by atoms with van der Waals surface area (Å²) in [7, 11) is 0. The second kappa shape index (κ2) is 10.6. The van der Waals surface area contributed by atoms with E-state index in [4.69, 9.17) is 9.84 Å². The monoisotopic (exact) mass is 548 g/mol. The standard InChI is InChI=1S/C30H29FN2O3S2/c31-22-9-4-8-21(18-22)30(13-1-2-14-30)29(35)36-19-26(34)33-28(25-12-6-16-38-25)24-11-3-7-20(27(24)32-33)17-23-10-5-15-37-23/h4-6,8-10,12,15-18,24,28H,1-3,7,11,13-14,19H2. The van der Waals surface area contributed by atoms with Gasteiger partial charge in [-0.1, -0.05) is 37.1 Å². The average molecular weight is 549 g/mol. The van der Waals surface area contributed by atoms with Crippen LogP contribution in [0.25, 0.3) is 6.08 Å². The summed E-state index contributed by atoms with van der Waals surface area (Å²) in [6, 6.07) is 14.2. The van der Waals surface area contributed by atoms with Crippen molar-refractivity contribution in [1.82, 2.24) is 5.01 Å². The van der Waals surface area contributed by atoms with Crippen molar-refractivity contribution >= 4 is 46.3 Å². The highest BCUT2D eigenvalue weighted by Gasteiger charge is 2.47. The molecule has 1 aliphatic heterocycles. The largest absolute Gasteiger partial charge is 0.455 e. The third-order valence-corrected chi connectivity index (χ3v) is 9.77. The maximum Gasteiger partial charge on any atom is 0.317 e. The van der Waals surface area contributed by atoms with E-state index in [0.717, 1.165) is 42.7 Å². The Bertz CT molecular complexity index is 1370. The second-order valence-corrected chi connectivity index (χ2v) is 12.2. The van der Waals surface area contributed by atoms with Gasteiger partial charge in [-0.05, 0) is 84.3 Å². The zero-order valence-corrected chi connectivity index (χ0v) is 22.6. The average Bonchev–Trinajstić information content (AvgIpc) is 3.73. The van der Waals surface area contributed by atoms with Crippen LogP contribution in [-0.4, -0.2) is 29.2 Å².